The lowest BCUT2D eigenvalue weighted by Crippen LogP contribution is -2.60. The number of benzene rings is 1. The number of esters is 2. The van der Waals surface area contributed by atoms with Gasteiger partial charge in [-0.3, -0.25) is 24.1 Å². The lowest BCUT2D eigenvalue weighted by molar-refractivity contribution is -0.168. The number of Topliss-reactive ketones (excluding diaryl/α,β-unsaturated/α-hetero) is 2. The Morgan fingerprint density at radius 3 is 2.54 bits per heavy atom. The van der Waals surface area contributed by atoms with Crippen LogP contribution in [0.2, 0.25) is 0 Å². The Kier molecular flexibility index (Phi) is 12.6. The molecule has 0 aromatic heterocycles. The van der Waals surface area contributed by atoms with Gasteiger partial charge in [0.25, 0.3) is 0 Å². The highest BCUT2D eigenvalue weighted by molar-refractivity contribution is 6.02. The minimum absolute atomic E-state index is 0.0206. The summed E-state index contributed by atoms with van der Waals surface area (Å²) in [6.07, 6.45) is 11.0. The molecular weight excluding hydrogens is 734 g/mol. The molecule has 310 valence electrons. The molecule has 0 bridgehead atoms. The smallest absolute Gasteiger partial charge is 0.342 e. The number of ether oxygens (including phenoxy) is 4. The standard InChI is InChI=1S/C23H31NO7.C21H26O5/c1-15(5-7-19(25)30-13-10-24-8-11-29-12-9-24)4-6-17-21(26)20-18(14-31-23(20)27)16(2)22(17)28-3;1-19-7-5-13(23)9-12(19)3-4-14-15-6-8-21(26,17(25)11-22)20(15,2)10-16(24)18(14)19/h4,26H,5-14H2,1-3H3;5,7,9,14-15,18,22,26H,3-4,6,8,10-11H2,1-2H3/b15-4+;/t;14-,15-,18+,19-,20-,21-/m.0/s1. The third-order valence-electron chi connectivity index (χ3n) is 13.8. The number of ketones is 3. The Morgan fingerprint density at radius 1 is 1.11 bits per heavy atom. The van der Waals surface area contributed by atoms with Gasteiger partial charge in [0.15, 0.2) is 11.6 Å². The molecule has 57 heavy (non-hydrogen) atoms. The fraction of sp³-hybridized carbons (Fsp3) is 0.614. The number of fused-ring (bicyclic) bond motifs is 6. The van der Waals surface area contributed by atoms with Gasteiger partial charge in [0.1, 0.15) is 48.3 Å². The Labute approximate surface area is 334 Å². The van der Waals surface area contributed by atoms with Gasteiger partial charge < -0.3 is 34.3 Å². The first kappa shape index (κ1) is 42.4. The summed E-state index contributed by atoms with van der Waals surface area (Å²) in [5.41, 5.74) is 1.37. The zero-order valence-electron chi connectivity index (χ0n) is 33.8. The molecule has 6 aliphatic rings. The highest BCUT2D eigenvalue weighted by atomic mass is 16.5. The van der Waals surface area contributed by atoms with Crippen molar-refractivity contribution in [1.29, 1.82) is 0 Å². The van der Waals surface area contributed by atoms with Crippen LogP contribution in [0.4, 0.5) is 0 Å². The fourth-order valence-electron chi connectivity index (χ4n) is 10.5. The van der Waals surface area contributed by atoms with Crippen LogP contribution in [0.1, 0.15) is 92.8 Å². The predicted molar refractivity (Wildman–Crippen MR) is 207 cm³/mol. The zero-order valence-corrected chi connectivity index (χ0v) is 33.8. The maximum Gasteiger partial charge on any atom is 0.342 e. The van der Waals surface area contributed by atoms with Crippen molar-refractivity contribution >= 4 is 29.3 Å². The maximum atomic E-state index is 13.3. The molecular formula is C44H57NO12. The van der Waals surface area contributed by atoms with Gasteiger partial charge in [-0.15, -0.1) is 0 Å². The van der Waals surface area contributed by atoms with E-state index >= 15 is 0 Å². The third kappa shape index (κ3) is 7.88. The Hall–Kier alpha value is -4.17. The zero-order chi connectivity index (χ0) is 41.3. The normalized spacial score (nSPS) is 30.6. The largest absolute Gasteiger partial charge is 0.507 e. The average Bonchev–Trinajstić information content (AvgIpc) is 3.71. The molecule has 0 amide bonds. The number of morpholine rings is 1. The second-order valence-corrected chi connectivity index (χ2v) is 16.9. The molecule has 1 aromatic rings. The molecule has 13 heteroatoms. The van der Waals surface area contributed by atoms with Crippen molar-refractivity contribution in [3.63, 3.8) is 0 Å². The topological polar surface area (TPSA) is 186 Å². The average molecular weight is 792 g/mol. The lowest BCUT2D eigenvalue weighted by atomic mass is 9.46. The summed E-state index contributed by atoms with van der Waals surface area (Å²) in [4.78, 5) is 63.6. The van der Waals surface area contributed by atoms with E-state index in [1.165, 1.54) is 0 Å². The number of methoxy groups -OCH3 is 1. The second-order valence-electron chi connectivity index (χ2n) is 16.9. The number of phenolic OH excluding ortho intramolecular Hbond substituents is 1. The van der Waals surface area contributed by atoms with Gasteiger partial charge in [0.2, 0.25) is 0 Å². The highest BCUT2D eigenvalue weighted by Gasteiger charge is 2.68. The number of allylic oxidation sites excluding steroid dienone is 6. The second kappa shape index (κ2) is 17.0. The van der Waals surface area contributed by atoms with Crippen LogP contribution in [-0.4, -0.2) is 108 Å². The molecule has 6 atom stereocenters. The number of carbonyl (C=O) groups excluding carboxylic acids is 5. The van der Waals surface area contributed by atoms with Crippen molar-refractivity contribution < 1.29 is 58.2 Å². The van der Waals surface area contributed by atoms with E-state index in [0.29, 0.717) is 55.6 Å². The maximum absolute atomic E-state index is 13.3. The molecule has 3 saturated carbocycles. The number of phenols is 1. The fourth-order valence-corrected chi connectivity index (χ4v) is 10.5. The van der Waals surface area contributed by atoms with E-state index < -0.39 is 34.8 Å². The van der Waals surface area contributed by atoms with Gasteiger partial charge in [-0.25, -0.2) is 4.79 Å². The molecule has 1 saturated heterocycles. The Morgan fingerprint density at radius 2 is 1.84 bits per heavy atom. The van der Waals surface area contributed by atoms with Crippen molar-refractivity contribution in [3.8, 4) is 11.5 Å². The minimum atomic E-state index is -1.62. The van der Waals surface area contributed by atoms with Crippen LogP contribution < -0.4 is 4.74 Å². The molecule has 2 heterocycles. The van der Waals surface area contributed by atoms with E-state index in [1.54, 1.807) is 19.3 Å². The van der Waals surface area contributed by atoms with E-state index in [1.807, 2.05) is 39.8 Å². The number of hydrogen-bond acceptors (Lipinski definition) is 13. The number of aliphatic hydroxyl groups excluding tert-OH is 1. The van der Waals surface area contributed by atoms with Gasteiger partial charge in [0.05, 0.1) is 20.3 Å². The molecule has 3 N–H and O–H groups in total. The Balaban J connectivity index is 0.000000195. The number of rotatable bonds is 11. The SMILES string of the molecule is COc1c(C)c2c(c(O)c1C/C=C(\C)CCC(=O)OCCN1CCOCC1)C(=O)OC2.C[C@]12C=CC(=O)C=C1CC[C@@H]1[C@@H]2C(=O)C[C@@]2(C)[C@H]1CC[C@]2(O)C(=O)CO. The summed E-state index contributed by atoms with van der Waals surface area (Å²) in [6, 6.07) is 0. The van der Waals surface area contributed by atoms with Crippen molar-refractivity contribution in [1.82, 2.24) is 4.90 Å². The summed E-state index contributed by atoms with van der Waals surface area (Å²) in [6.45, 7) is 11.4. The minimum Gasteiger partial charge on any atom is -0.507 e. The quantitative estimate of drug-likeness (QED) is 0.213. The molecule has 13 nitrogen and oxygen atoms in total. The molecule has 4 aliphatic carbocycles. The predicted octanol–water partition coefficient (Wildman–Crippen LogP) is 4.29. The van der Waals surface area contributed by atoms with Crippen LogP contribution in [0, 0.1) is 35.5 Å². The summed E-state index contributed by atoms with van der Waals surface area (Å²) in [5, 5.41) is 31.1. The van der Waals surface area contributed by atoms with Gasteiger partial charge >= 0.3 is 11.9 Å². The number of carbonyl (C=O) groups is 5. The van der Waals surface area contributed by atoms with Crippen molar-refractivity contribution in [2.24, 2.45) is 28.6 Å². The summed E-state index contributed by atoms with van der Waals surface area (Å²) >= 11 is 0. The number of aliphatic hydroxyl groups is 2. The van der Waals surface area contributed by atoms with Crippen LogP contribution in [0.25, 0.3) is 0 Å². The molecule has 4 fully saturated rings. The van der Waals surface area contributed by atoms with Crippen molar-refractivity contribution in [3.05, 3.63) is 57.7 Å². The van der Waals surface area contributed by atoms with Crippen LogP contribution >= 0.6 is 0 Å². The van der Waals surface area contributed by atoms with Crippen LogP contribution in [0.15, 0.2) is 35.5 Å². The van der Waals surface area contributed by atoms with E-state index in [-0.39, 0.29) is 59.6 Å². The highest BCUT2D eigenvalue weighted by Crippen LogP contribution is 2.66. The molecule has 0 radical (unpaired) electrons. The molecule has 0 unspecified atom stereocenters. The van der Waals surface area contributed by atoms with E-state index in [9.17, 15) is 39.3 Å². The number of hydrogen-bond donors (Lipinski definition) is 3. The van der Waals surface area contributed by atoms with Gasteiger partial charge in [0, 0.05) is 60.4 Å². The van der Waals surface area contributed by atoms with Crippen LogP contribution in [0.3, 0.4) is 0 Å². The summed E-state index contributed by atoms with van der Waals surface area (Å²) in [5.74, 6) is -0.863. The molecule has 0 spiro atoms. The number of aromatic hydroxyl groups is 1. The first-order valence-corrected chi connectivity index (χ1v) is 20.1. The molecule has 1 aromatic carbocycles. The van der Waals surface area contributed by atoms with Crippen LogP contribution in [-0.2, 0) is 46.4 Å². The molecule has 2 aliphatic heterocycles. The molecule has 7 rings (SSSR count). The lowest BCUT2D eigenvalue weighted by Gasteiger charge is -2.56. The van der Waals surface area contributed by atoms with Crippen molar-refractivity contribution in [2.45, 2.75) is 91.3 Å². The van der Waals surface area contributed by atoms with Crippen LogP contribution in [0.5, 0.6) is 11.5 Å². The number of cyclic esters (lactones) is 1. The summed E-state index contributed by atoms with van der Waals surface area (Å²) < 4.78 is 21.2. The van der Waals surface area contributed by atoms with E-state index in [4.69, 9.17) is 18.9 Å². The summed E-state index contributed by atoms with van der Waals surface area (Å²) in [7, 11) is 1.54. The van der Waals surface area contributed by atoms with E-state index in [2.05, 4.69) is 4.90 Å². The Bertz CT molecular complexity index is 1890. The van der Waals surface area contributed by atoms with Gasteiger partial charge in [-0.1, -0.05) is 37.1 Å². The first-order chi connectivity index (χ1) is 27.1. The van der Waals surface area contributed by atoms with Gasteiger partial charge in [-0.05, 0) is 81.9 Å². The van der Waals surface area contributed by atoms with E-state index in [0.717, 1.165) is 62.4 Å². The monoisotopic (exact) mass is 791 g/mol. The van der Waals surface area contributed by atoms with Gasteiger partial charge in [-0.2, -0.15) is 0 Å². The third-order valence-corrected chi connectivity index (χ3v) is 13.8. The first-order valence-electron chi connectivity index (χ1n) is 20.1. The van der Waals surface area contributed by atoms with Crippen molar-refractivity contribution in [2.75, 3.05) is 53.2 Å². The number of nitrogens with zero attached hydrogens (tertiary/aromatic N) is 1.